The molecule has 1 saturated heterocycles. The van der Waals surface area contributed by atoms with Crippen LogP contribution in [0.25, 0.3) is 0 Å². The molecule has 2 aliphatic rings. The predicted octanol–water partition coefficient (Wildman–Crippen LogP) is 4.94. The molecule has 3 rings (SSSR count). The summed E-state index contributed by atoms with van der Waals surface area (Å²) in [5.41, 5.74) is 2.51. The first-order valence-corrected chi connectivity index (χ1v) is 8.94. The average Bonchev–Trinajstić information content (AvgIpc) is 2.47. The molecule has 0 radical (unpaired) electrons. The number of carbonyl (C=O) groups excluding carboxylic acids is 1. The van der Waals surface area contributed by atoms with E-state index < -0.39 is 0 Å². The van der Waals surface area contributed by atoms with Crippen LogP contribution in [0.4, 0.5) is 0 Å². The Kier molecular flexibility index (Phi) is 4.39. The van der Waals surface area contributed by atoms with Crippen LogP contribution in [-0.2, 0) is 0 Å². The van der Waals surface area contributed by atoms with Gasteiger partial charge in [-0.1, -0.05) is 35.2 Å². The van der Waals surface area contributed by atoms with Crippen molar-refractivity contribution in [2.24, 2.45) is 5.41 Å². The van der Waals surface area contributed by atoms with Gasteiger partial charge in [-0.05, 0) is 61.8 Å². The lowest BCUT2D eigenvalue weighted by atomic mass is 9.68. The van der Waals surface area contributed by atoms with E-state index in [1.54, 1.807) is 0 Å². The number of rotatable bonds is 1. The Morgan fingerprint density at radius 3 is 2.33 bits per heavy atom. The smallest absolute Gasteiger partial charge is 0.253 e. The van der Waals surface area contributed by atoms with Crippen molar-refractivity contribution in [2.45, 2.75) is 51.9 Å². The summed E-state index contributed by atoms with van der Waals surface area (Å²) in [6.45, 7) is 3.91. The molecule has 0 N–H and O–H groups in total. The minimum Gasteiger partial charge on any atom is -0.339 e. The lowest BCUT2D eigenvalue weighted by molar-refractivity contribution is 0.0472. The van der Waals surface area contributed by atoms with Crippen LogP contribution in [0.5, 0.6) is 0 Å². The lowest BCUT2D eigenvalue weighted by Gasteiger charge is -2.44. The predicted molar refractivity (Wildman–Crippen MR) is 89.5 cm³/mol. The van der Waals surface area contributed by atoms with Gasteiger partial charge in [0.05, 0.1) is 0 Å². The zero-order valence-corrected chi connectivity index (χ0v) is 14.4. The molecule has 1 heterocycles. The molecule has 0 atom stereocenters. The average molecular weight is 350 g/mol. The Bertz CT molecular complexity index is 504. The summed E-state index contributed by atoms with van der Waals surface area (Å²) in [6.07, 6.45) is 9.34. The normalized spacial score (nSPS) is 21.5. The van der Waals surface area contributed by atoms with Gasteiger partial charge in [-0.2, -0.15) is 0 Å². The zero-order chi connectivity index (χ0) is 14.9. The molecule has 1 saturated carbocycles. The monoisotopic (exact) mass is 349 g/mol. The van der Waals surface area contributed by atoms with Gasteiger partial charge < -0.3 is 4.90 Å². The topological polar surface area (TPSA) is 20.3 Å². The van der Waals surface area contributed by atoms with Gasteiger partial charge in [0.1, 0.15) is 0 Å². The van der Waals surface area contributed by atoms with Crippen molar-refractivity contribution in [1.29, 1.82) is 0 Å². The fraction of sp³-hybridized carbons (Fsp3) is 0.611. The molecule has 1 aromatic rings. The van der Waals surface area contributed by atoms with E-state index in [4.69, 9.17) is 0 Å². The Hall–Kier alpha value is -0.830. The minimum absolute atomic E-state index is 0.199. The van der Waals surface area contributed by atoms with Crippen molar-refractivity contribution in [3.8, 4) is 0 Å². The first kappa shape index (κ1) is 15.1. The van der Waals surface area contributed by atoms with Gasteiger partial charge in [0, 0.05) is 23.1 Å². The summed E-state index contributed by atoms with van der Waals surface area (Å²) in [7, 11) is 0. The van der Waals surface area contributed by atoms with Crippen molar-refractivity contribution >= 4 is 21.8 Å². The number of hydrogen-bond donors (Lipinski definition) is 0. The standard InChI is InChI=1S/C18H24BrNO/c1-14-11-15(13-16(19)12-14)17(21)20-9-7-18(8-10-20)5-3-2-4-6-18/h11-13H,2-10H2,1H3. The van der Waals surface area contributed by atoms with Crippen molar-refractivity contribution < 1.29 is 4.79 Å². The van der Waals surface area contributed by atoms with Gasteiger partial charge in [0.25, 0.3) is 5.91 Å². The van der Waals surface area contributed by atoms with E-state index >= 15 is 0 Å². The van der Waals surface area contributed by atoms with E-state index in [1.807, 2.05) is 25.1 Å². The Balaban J connectivity index is 1.67. The number of hydrogen-bond acceptors (Lipinski definition) is 1. The van der Waals surface area contributed by atoms with Gasteiger partial charge in [0.2, 0.25) is 0 Å². The summed E-state index contributed by atoms with van der Waals surface area (Å²) in [6, 6.07) is 5.99. The van der Waals surface area contributed by atoms with Crippen LogP contribution in [-0.4, -0.2) is 23.9 Å². The molecular formula is C18H24BrNO. The van der Waals surface area contributed by atoms with Crippen LogP contribution in [0.3, 0.4) is 0 Å². The second-order valence-corrected chi connectivity index (χ2v) is 7.79. The van der Waals surface area contributed by atoms with Crippen LogP contribution < -0.4 is 0 Å². The number of likely N-dealkylation sites (tertiary alicyclic amines) is 1. The SMILES string of the molecule is Cc1cc(Br)cc(C(=O)N2CCC3(CCCCC3)CC2)c1. The van der Waals surface area contributed by atoms with Crippen LogP contribution in [0.15, 0.2) is 22.7 Å². The maximum Gasteiger partial charge on any atom is 0.253 e. The van der Waals surface area contributed by atoms with E-state index in [0.717, 1.165) is 28.7 Å². The van der Waals surface area contributed by atoms with Gasteiger partial charge in [-0.15, -0.1) is 0 Å². The van der Waals surface area contributed by atoms with Crippen LogP contribution >= 0.6 is 15.9 Å². The number of nitrogens with zero attached hydrogens (tertiary/aromatic N) is 1. The maximum atomic E-state index is 12.7. The van der Waals surface area contributed by atoms with Crippen molar-refractivity contribution in [3.63, 3.8) is 0 Å². The molecule has 1 amide bonds. The maximum absolute atomic E-state index is 12.7. The summed E-state index contributed by atoms with van der Waals surface area (Å²) in [5.74, 6) is 0.199. The van der Waals surface area contributed by atoms with Gasteiger partial charge >= 0.3 is 0 Å². The largest absolute Gasteiger partial charge is 0.339 e. The Morgan fingerprint density at radius 2 is 1.71 bits per heavy atom. The number of piperidine rings is 1. The third-order valence-corrected chi connectivity index (χ3v) is 5.77. The molecule has 114 valence electrons. The van der Waals surface area contributed by atoms with Gasteiger partial charge in [-0.25, -0.2) is 0 Å². The highest BCUT2D eigenvalue weighted by Gasteiger charge is 2.36. The first-order valence-electron chi connectivity index (χ1n) is 8.15. The molecule has 1 spiro atoms. The number of carbonyl (C=O) groups is 1. The molecule has 21 heavy (non-hydrogen) atoms. The summed E-state index contributed by atoms with van der Waals surface area (Å²) < 4.78 is 0.992. The van der Waals surface area contributed by atoms with Gasteiger partial charge in [0.15, 0.2) is 0 Å². The quantitative estimate of drug-likeness (QED) is 0.702. The third-order valence-electron chi connectivity index (χ3n) is 5.31. The molecule has 3 heteroatoms. The zero-order valence-electron chi connectivity index (χ0n) is 12.8. The second kappa shape index (κ2) is 6.12. The van der Waals surface area contributed by atoms with Crippen LogP contribution in [0.1, 0.15) is 60.9 Å². The van der Waals surface area contributed by atoms with Crippen LogP contribution in [0.2, 0.25) is 0 Å². The van der Waals surface area contributed by atoms with E-state index in [9.17, 15) is 4.79 Å². The molecule has 0 unspecified atom stereocenters. The first-order chi connectivity index (χ1) is 10.1. The van der Waals surface area contributed by atoms with Crippen molar-refractivity contribution in [1.82, 2.24) is 4.90 Å². The van der Waals surface area contributed by atoms with Crippen LogP contribution in [0, 0.1) is 12.3 Å². The lowest BCUT2D eigenvalue weighted by Crippen LogP contribution is -2.43. The van der Waals surface area contributed by atoms with E-state index in [-0.39, 0.29) is 5.91 Å². The molecular weight excluding hydrogens is 326 g/mol. The fourth-order valence-electron chi connectivity index (χ4n) is 4.03. The van der Waals surface area contributed by atoms with E-state index in [1.165, 1.54) is 44.9 Å². The second-order valence-electron chi connectivity index (χ2n) is 6.87. The summed E-state index contributed by atoms with van der Waals surface area (Å²) in [4.78, 5) is 14.7. The molecule has 2 fully saturated rings. The fourth-order valence-corrected chi connectivity index (χ4v) is 4.64. The summed E-state index contributed by atoms with van der Waals surface area (Å²) in [5, 5.41) is 0. The van der Waals surface area contributed by atoms with E-state index in [0.29, 0.717) is 5.41 Å². The minimum atomic E-state index is 0.199. The molecule has 2 nitrogen and oxygen atoms in total. The summed E-state index contributed by atoms with van der Waals surface area (Å²) >= 11 is 3.49. The molecule has 1 aliphatic heterocycles. The highest BCUT2D eigenvalue weighted by molar-refractivity contribution is 9.10. The van der Waals surface area contributed by atoms with Crippen molar-refractivity contribution in [2.75, 3.05) is 13.1 Å². The molecule has 0 aromatic heterocycles. The molecule has 1 aromatic carbocycles. The number of amides is 1. The number of aryl methyl sites for hydroxylation is 1. The van der Waals surface area contributed by atoms with Crippen molar-refractivity contribution in [3.05, 3.63) is 33.8 Å². The van der Waals surface area contributed by atoms with E-state index in [2.05, 4.69) is 20.8 Å². The Labute approximate surface area is 136 Å². The highest BCUT2D eigenvalue weighted by atomic mass is 79.9. The third kappa shape index (κ3) is 3.33. The molecule has 1 aliphatic carbocycles. The number of benzene rings is 1. The van der Waals surface area contributed by atoms with Gasteiger partial charge in [-0.3, -0.25) is 4.79 Å². The molecule has 0 bridgehead atoms. The Morgan fingerprint density at radius 1 is 1.05 bits per heavy atom. The highest BCUT2D eigenvalue weighted by Crippen LogP contribution is 2.44. The number of halogens is 1.